The highest BCUT2D eigenvalue weighted by atomic mass is 16.5. The van der Waals surface area contributed by atoms with Crippen LogP contribution in [0.1, 0.15) is 25.3 Å². The molecule has 0 radical (unpaired) electrons. The number of hydrogen-bond acceptors (Lipinski definition) is 3. The van der Waals surface area contributed by atoms with Crippen molar-refractivity contribution >= 4 is 12.0 Å². The summed E-state index contributed by atoms with van der Waals surface area (Å²) in [4.78, 5) is 11.5. The lowest BCUT2D eigenvalue weighted by molar-refractivity contribution is -0.116. The number of carbonyl (C=O) groups excluding carboxylic acids is 1. The molecule has 1 aromatic carbocycles. The molecule has 0 unspecified atom stereocenters. The molecule has 104 valence electrons. The average molecular weight is 263 g/mol. The van der Waals surface area contributed by atoms with Crippen LogP contribution in [0.5, 0.6) is 5.75 Å². The van der Waals surface area contributed by atoms with Gasteiger partial charge >= 0.3 is 0 Å². The summed E-state index contributed by atoms with van der Waals surface area (Å²) in [7, 11) is 0. The quantitative estimate of drug-likeness (QED) is 0.557. The second-order valence-electron chi connectivity index (χ2n) is 4.03. The highest BCUT2D eigenvalue weighted by molar-refractivity contribution is 5.92. The van der Waals surface area contributed by atoms with Crippen molar-refractivity contribution in [3.8, 4) is 5.75 Å². The Morgan fingerprint density at radius 3 is 2.89 bits per heavy atom. The van der Waals surface area contributed by atoms with E-state index in [2.05, 4.69) is 5.32 Å². The maximum Gasteiger partial charge on any atom is 0.244 e. The summed E-state index contributed by atoms with van der Waals surface area (Å²) < 4.78 is 5.47. The first-order valence-electron chi connectivity index (χ1n) is 6.56. The van der Waals surface area contributed by atoms with E-state index in [9.17, 15) is 4.79 Å². The van der Waals surface area contributed by atoms with Crippen molar-refractivity contribution in [2.45, 2.75) is 19.8 Å². The second kappa shape index (κ2) is 9.16. The number of nitrogens with one attached hydrogen (secondary N) is 1. The molecule has 1 rings (SSSR count). The van der Waals surface area contributed by atoms with Gasteiger partial charge in [0.15, 0.2) is 0 Å². The molecule has 0 aliphatic carbocycles. The van der Waals surface area contributed by atoms with Crippen LogP contribution in [0.4, 0.5) is 0 Å². The van der Waals surface area contributed by atoms with Gasteiger partial charge in [-0.05, 0) is 31.9 Å². The molecular formula is C15H21NO3. The van der Waals surface area contributed by atoms with E-state index in [-0.39, 0.29) is 12.5 Å². The summed E-state index contributed by atoms with van der Waals surface area (Å²) in [6, 6.07) is 7.58. The molecule has 4 heteroatoms. The molecule has 0 aliphatic rings. The Labute approximate surface area is 114 Å². The monoisotopic (exact) mass is 263 g/mol. The zero-order chi connectivity index (χ0) is 13.9. The van der Waals surface area contributed by atoms with E-state index in [1.165, 1.54) is 6.08 Å². The Morgan fingerprint density at radius 1 is 1.37 bits per heavy atom. The molecule has 0 saturated heterocycles. The Balaban J connectivity index is 2.49. The van der Waals surface area contributed by atoms with E-state index < -0.39 is 0 Å². The minimum atomic E-state index is -0.135. The lowest BCUT2D eigenvalue weighted by atomic mass is 10.2. The van der Waals surface area contributed by atoms with Gasteiger partial charge in [-0.25, -0.2) is 0 Å². The van der Waals surface area contributed by atoms with Crippen molar-refractivity contribution in [1.29, 1.82) is 0 Å². The van der Waals surface area contributed by atoms with Crippen LogP contribution in [0.3, 0.4) is 0 Å². The smallest absolute Gasteiger partial charge is 0.244 e. The molecule has 1 aromatic rings. The van der Waals surface area contributed by atoms with E-state index >= 15 is 0 Å². The Morgan fingerprint density at radius 2 is 2.16 bits per heavy atom. The largest absolute Gasteiger partial charge is 0.493 e. The molecule has 0 heterocycles. The molecule has 0 atom stereocenters. The van der Waals surface area contributed by atoms with Crippen molar-refractivity contribution in [3.63, 3.8) is 0 Å². The number of hydrogen-bond donors (Lipinski definition) is 2. The van der Waals surface area contributed by atoms with Gasteiger partial charge in [-0.15, -0.1) is 0 Å². The summed E-state index contributed by atoms with van der Waals surface area (Å²) >= 11 is 0. The van der Waals surface area contributed by atoms with E-state index in [4.69, 9.17) is 9.84 Å². The Hall–Kier alpha value is -1.81. The van der Waals surface area contributed by atoms with Crippen LogP contribution in [0, 0.1) is 0 Å². The summed E-state index contributed by atoms with van der Waals surface area (Å²) in [5, 5.41) is 11.4. The van der Waals surface area contributed by atoms with Crippen molar-refractivity contribution < 1.29 is 14.6 Å². The van der Waals surface area contributed by atoms with Crippen LogP contribution >= 0.6 is 0 Å². The van der Waals surface area contributed by atoms with Gasteiger partial charge in [-0.3, -0.25) is 4.79 Å². The van der Waals surface area contributed by atoms with Crippen LogP contribution in [0.2, 0.25) is 0 Å². The molecule has 0 spiro atoms. The van der Waals surface area contributed by atoms with Crippen LogP contribution in [-0.4, -0.2) is 30.8 Å². The fourth-order valence-electron chi connectivity index (χ4n) is 1.58. The van der Waals surface area contributed by atoms with Crippen LogP contribution in [0.15, 0.2) is 30.3 Å². The Bertz CT molecular complexity index is 416. The van der Waals surface area contributed by atoms with Gasteiger partial charge in [0.25, 0.3) is 0 Å². The lowest BCUT2D eigenvalue weighted by Crippen LogP contribution is -2.22. The molecule has 2 N–H and O–H groups in total. The zero-order valence-corrected chi connectivity index (χ0v) is 11.3. The van der Waals surface area contributed by atoms with Crippen molar-refractivity contribution in [2.24, 2.45) is 0 Å². The predicted molar refractivity (Wildman–Crippen MR) is 76.0 cm³/mol. The minimum absolute atomic E-state index is 0.135. The van der Waals surface area contributed by atoms with Gasteiger partial charge in [-0.1, -0.05) is 18.2 Å². The highest BCUT2D eigenvalue weighted by Gasteiger charge is 1.99. The molecule has 0 bridgehead atoms. The number of carbonyl (C=O) groups is 1. The molecule has 4 nitrogen and oxygen atoms in total. The normalized spacial score (nSPS) is 10.6. The molecule has 0 fully saturated rings. The molecule has 0 saturated carbocycles. The number of aliphatic hydroxyl groups is 1. The third kappa shape index (κ3) is 6.06. The van der Waals surface area contributed by atoms with Crippen molar-refractivity contribution in [3.05, 3.63) is 35.9 Å². The molecular weight excluding hydrogens is 242 g/mol. The first kappa shape index (κ1) is 15.2. The van der Waals surface area contributed by atoms with Crippen LogP contribution in [0.25, 0.3) is 6.08 Å². The van der Waals surface area contributed by atoms with Crippen molar-refractivity contribution in [1.82, 2.24) is 5.32 Å². The lowest BCUT2D eigenvalue weighted by Gasteiger charge is -2.06. The third-order valence-electron chi connectivity index (χ3n) is 2.52. The van der Waals surface area contributed by atoms with E-state index in [1.54, 1.807) is 6.08 Å². The molecule has 19 heavy (non-hydrogen) atoms. The second-order valence-corrected chi connectivity index (χ2v) is 4.03. The zero-order valence-electron chi connectivity index (χ0n) is 11.3. The number of rotatable bonds is 8. The molecule has 1 amide bonds. The van der Waals surface area contributed by atoms with Crippen LogP contribution < -0.4 is 10.1 Å². The van der Waals surface area contributed by atoms with E-state index in [0.29, 0.717) is 19.6 Å². The van der Waals surface area contributed by atoms with Gasteiger partial charge in [-0.2, -0.15) is 0 Å². The number of unbranched alkanes of at least 4 members (excludes halogenated alkanes) is 1. The maximum absolute atomic E-state index is 11.5. The number of ether oxygens (including phenoxy) is 1. The number of aliphatic hydroxyl groups excluding tert-OH is 1. The summed E-state index contributed by atoms with van der Waals surface area (Å²) in [6.07, 6.45) is 4.73. The third-order valence-corrected chi connectivity index (χ3v) is 2.52. The van der Waals surface area contributed by atoms with Gasteiger partial charge in [0.1, 0.15) is 5.75 Å². The fraction of sp³-hybridized carbons (Fsp3) is 0.400. The van der Waals surface area contributed by atoms with Gasteiger partial charge in [0.2, 0.25) is 5.91 Å². The molecule has 0 aromatic heterocycles. The average Bonchev–Trinajstić information content (AvgIpc) is 2.43. The SMILES string of the molecule is CCOc1ccccc1/C=C/C(=O)NCCCCO. The standard InChI is InChI=1S/C15H21NO3/c1-2-19-14-8-4-3-7-13(14)9-10-15(18)16-11-5-6-12-17/h3-4,7-10,17H,2,5-6,11-12H2,1H3,(H,16,18)/b10-9+. The summed E-state index contributed by atoms with van der Waals surface area (Å²) in [5.74, 6) is 0.638. The number of amides is 1. The first-order valence-corrected chi connectivity index (χ1v) is 6.56. The van der Waals surface area contributed by atoms with Gasteiger partial charge < -0.3 is 15.2 Å². The first-order chi connectivity index (χ1) is 9.27. The van der Waals surface area contributed by atoms with E-state index in [0.717, 1.165) is 17.7 Å². The number of para-hydroxylation sites is 1. The van der Waals surface area contributed by atoms with Crippen LogP contribution in [-0.2, 0) is 4.79 Å². The fourth-order valence-corrected chi connectivity index (χ4v) is 1.58. The number of benzene rings is 1. The highest BCUT2D eigenvalue weighted by Crippen LogP contribution is 2.19. The van der Waals surface area contributed by atoms with Gasteiger partial charge in [0.05, 0.1) is 6.61 Å². The summed E-state index contributed by atoms with van der Waals surface area (Å²) in [5.41, 5.74) is 0.884. The molecule has 0 aliphatic heterocycles. The maximum atomic E-state index is 11.5. The minimum Gasteiger partial charge on any atom is -0.493 e. The van der Waals surface area contributed by atoms with Crippen molar-refractivity contribution in [2.75, 3.05) is 19.8 Å². The Kier molecular flexibility index (Phi) is 7.35. The predicted octanol–water partition coefficient (Wildman–Crippen LogP) is 1.99. The topological polar surface area (TPSA) is 58.6 Å². The van der Waals surface area contributed by atoms with Gasteiger partial charge in [0, 0.05) is 24.8 Å². The summed E-state index contributed by atoms with van der Waals surface area (Å²) in [6.45, 7) is 3.26. The van der Waals surface area contributed by atoms with E-state index in [1.807, 2.05) is 31.2 Å².